The second-order valence-electron chi connectivity index (χ2n) is 8.05. The fourth-order valence-electron chi connectivity index (χ4n) is 3.91. The third kappa shape index (κ3) is 5.15. The van der Waals surface area contributed by atoms with Gasteiger partial charge in [-0.2, -0.15) is 10.2 Å². The van der Waals surface area contributed by atoms with Crippen molar-refractivity contribution in [3.63, 3.8) is 0 Å². The molecule has 8 heteroatoms. The number of aryl methyl sites for hydroxylation is 1. The van der Waals surface area contributed by atoms with Gasteiger partial charge in [0.15, 0.2) is 0 Å². The van der Waals surface area contributed by atoms with Crippen molar-refractivity contribution in [2.75, 3.05) is 0 Å². The van der Waals surface area contributed by atoms with Crippen molar-refractivity contribution < 1.29 is 9.53 Å². The Kier molecular flexibility index (Phi) is 6.90. The number of rotatable bonds is 5. The summed E-state index contributed by atoms with van der Waals surface area (Å²) in [7, 11) is 0. The highest BCUT2D eigenvalue weighted by Crippen LogP contribution is 2.26. The molecule has 0 saturated heterocycles. The summed E-state index contributed by atoms with van der Waals surface area (Å²) < 4.78 is 8.22. The first-order valence-corrected chi connectivity index (χ1v) is 11.6. The predicted octanol–water partition coefficient (Wildman–Crippen LogP) is 4.91. The molecule has 1 amide bonds. The molecule has 4 rings (SSSR count). The molecule has 33 heavy (non-hydrogen) atoms. The second kappa shape index (κ2) is 10.0. The first kappa shape index (κ1) is 22.7. The molecule has 0 atom stereocenters. The van der Waals surface area contributed by atoms with Crippen molar-refractivity contribution in [2.45, 2.75) is 45.1 Å². The quantitative estimate of drug-likeness (QED) is 0.391. The molecule has 1 aliphatic rings. The van der Waals surface area contributed by atoms with Crippen LogP contribution in [0.2, 0.25) is 0 Å². The summed E-state index contributed by atoms with van der Waals surface area (Å²) in [5.74, 6) is 0.0189. The lowest BCUT2D eigenvalue weighted by Gasteiger charge is -2.22. The molecule has 3 aromatic rings. The van der Waals surface area contributed by atoms with E-state index in [1.807, 2.05) is 31.2 Å². The number of nitrogens with zero attached hydrogens (tertiary/aromatic N) is 3. The Labute approximate surface area is 199 Å². The van der Waals surface area contributed by atoms with Gasteiger partial charge in [-0.25, -0.2) is 0 Å². The highest BCUT2D eigenvalue weighted by Gasteiger charge is 2.21. The Morgan fingerprint density at radius 2 is 1.97 bits per heavy atom. The summed E-state index contributed by atoms with van der Waals surface area (Å²) >= 11 is 3.38. The zero-order valence-corrected chi connectivity index (χ0v) is 19.8. The number of benzene rings is 1. The minimum Gasteiger partial charge on any atom is -0.438 e. The molecule has 0 unspecified atom stereocenters. The lowest BCUT2D eigenvalue weighted by molar-refractivity contribution is -0.117. The molecule has 1 aliphatic carbocycles. The number of carbonyl (C=O) groups is 1. The average Bonchev–Trinajstić information content (AvgIpc) is 2.82. The van der Waals surface area contributed by atoms with E-state index in [2.05, 4.69) is 26.2 Å². The molecule has 0 aliphatic heterocycles. The van der Waals surface area contributed by atoms with Crippen molar-refractivity contribution in [2.24, 2.45) is 0 Å². The molecular formula is C25H23BrN4O3. The number of carbonyl (C=O) groups excluding carboxylic acids is 1. The van der Waals surface area contributed by atoms with Crippen LogP contribution in [0.15, 0.2) is 57.4 Å². The van der Waals surface area contributed by atoms with Crippen LogP contribution in [0.3, 0.4) is 0 Å². The largest absolute Gasteiger partial charge is 0.438 e. The maximum atomic E-state index is 13.4. The summed E-state index contributed by atoms with van der Waals surface area (Å²) in [5, 5.41) is 12.6. The molecule has 1 saturated carbocycles. The molecule has 2 heterocycles. The normalized spacial score (nSPS) is 14.6. The molecule has 0 radical (unpaired) electrons. The monoisotopic (exact) mass is 506 g/mol. The van der Waals surface area contributed by atoms with Gasteiger partial charge in [0.2, 0.25) is 5.88 Å². The van der Waals surface area contributed by atoms with E-state index in [0.29, 0.717) is 11.4 Å². The Morgan fingerprint density at radius 3 is 2.67 bits per heavy atom. The Bertz CT molecular complexity index is 1320. The molecule has 1 aromatic carbocycles. The van der Waals surface area contributed by atoms with Crippen LogP contribution in [-0.2, 0) is 4.79 Å². The standard InChI is InChI=1S/C25H23BrN4O3/c1-16-6-5-13-30-22(16)29-24(33-20-11-9-18(26)10-12-20)21(25(30)32)14-17(15-27)23(31)28-19-7-3-2-4-8-19/h5-6,9-14,19H,2-4,7-8H2,1H3,(H,28,31). The number of amides is 1. The fourth-order valence-corrected chi connectivity index (χ4v) is 4.18. The highest BCUT2D eigenvalue weighted by molar-refractivity contribution is 9.10. The van der Waals surface area contributed by atoms with Gasteiger partial charge in [-0.15, -0.1) is 0 Å². The number of pyridine rings is 1. The summed E-state index contributed by atoms with van der Waals surface area (Å²) in [4.78, 5) is 30.7. The van der Waals surface area contributed by atoms with E-state index >= 15 is 0 Å². The number of nitriles is 1. The molecular weight excluding hydrogens is 484 g/mol. The van der Waals surface area contributed by atoms with Gasteiger partial charge in [0.1, 0.15) is 28.6 Å². The zero-order chi connectivity index (χ0) is 23.4. The molecule has 168 valence electrons. The number of halogens is 1. The number of hydrogen-bond acceptors (Lipinski definition) is 5. The van der Waals surface area contributed by atoms with Crippen LogP contribution in [0.1, 0.15) is 43.2 Å². The maximum absolute atomic E-state index is 13.4. The predicted molar refractivity (Wildman–Crippen MR) is 129 cm³/mol. The van der Waals surface area contributed by atoms with Gasteiger partial charge in [-0.3, -0.25) is 14.0 Å². The van der Waals surface area contributed by atoms with Gasteiger partial charge in [-0.05, 0) is 61.7 Å². The number of aromatic nitrogens is 2. The van der Waals surface area contributed by atoms with E-state index in [1.165, 1.54) is 10.5 Å². The van der Waals surface area contributed by atoms with Crippen molar-refractivity contribution in [1.29, 1.82) is 5.26 Å². The van der Waals surface area contributed by atoms with Crippen molar-refractivity contribution in [3.05, 3.63) is 74.1 Å². The van der Waals surface area contributed by atoms with Crippen LogP contribution >= 0.6 is 15.9 Å². The Hall–Kier alpha value is -3.44. The third-order valence-electron chi connectivity index (χ3n) is 5.67. The van der Waals surface area contributed by atoms with Crippen molar-refractivity contribution in [1.82, 2.24) is 14.7 Å². The van der Waals surface area contributed by atoms with Crippen molar-refractivity contribution >= 4 is 33.6 Å². The van der Waals surface area contributed by atoms with E-state index < -0.39 is 11.5 Å². The molecule has 0 bridgehead atoms. The summed E-state index contributed by atoms with van der Waals surface area (Å²) in [6, 6.07) is 12.7. The average molecular weight is 507 g/mol. The van der Waals surface area contributed by atoms with E-state index in [4.69, 9.17) is 4.74 Å². The van der Waals surface area contributed by atoms with E-state index in [-0.39, 0.29) is 23.1 Å². The molecule has 1 N–H and O–H groups in total. The SMILES string of the molecule is Cc1cccn2c(=O)c(C=C(C#N)C(=O)NC3CCCCC3)c(Oc3ccc(Br)cc3)nc12. The fraction of sp³-hybridized carbons (Fsp3) is 0.280. The zero-order valence-electron chi connectivity index (χ0n) is 18.2. The Balaban J connectivity index is 1.79. The molecule has 1 fully saturated rings. The van der Waals surface area contributed by atoms with Crippen molar-refractivity contribution in [3.8, 4) is 17.7 Å². The first-order chi connectivity index (χ1) is 16.0. The van der Waals surface area contributed by atoms with Gasteiger partial charge >= 0.3 is 0 Å². The van der Waals surface area contributed by atoms with Gasteiger partial charge in [0.05, 0.1) is 0 Å². The van der Waals surface area contributed by atoms with E-state index in [9.17, 15) is 14.9 Å². The summed E-state index contributed by atoms with van der Waals surface area (Å²) in [6.45, 7) is 1.85. The lowest BCUT2D eigenvalue weighted by Crippen LogP contribution is -2.36. The van der Waals surface area contributed by atoms with Crippen LogP contribution in [0, 0.1) is 18.3 Å². The van der Waals surface area contributed by atoms with Gasteiger partial charge < -0.3 is 10.1 Å². The molecule has 2 aromatic heterocycles. The van der Waals surface area contributed by atoms with Crippen LogP contribution in [0.4, 0.5) is 0 Å². The van der Waals surface area contributed by atoms with E-state index in [1.54, 1.807) is 24.4 Å². The number of hydrogen-bond donors (Lipinski definition) is 1. The number of ether oxygens (including phenoxy) is 1. The van der Waals surface area contributed by atoms with Gasteiger partial charge in [-0.1, -0.05) is 41.3 Å². The second-order valence-corrected chi connectivity index (χ2v) is 8.97. The maximum Gasteiger partial charge on any atom is 0.269 e. The van der Waals surface area contributed by atoms with E-state index in [0.717, 1.165) is 42.1 Å². The highest BCUT2D eigenvalue weighted by atomic mass is 79.9. The smallest absolute Gasteiger partial charge is 0.269 e. The minimum absolute atomic E-state index is 0.0369. The lowest BCUT2D eigenvalue weighted by atomic mass is 9.95. The van der Waals surface area contributed by atoms with Crippen LogP contribution in [-0.4, -0.2) is 21.3 Å². The van der Waals surface area contributed by atoms with Crippen LogP contribution < -0.4 is 15.6 Å². The first-order valence-electron chi connectivity index (χ1n) is 10.8. The topological polar surface area (TPSA) is 96.5 Å². The number of nitrogens with one attached hydrogen (secondary N) is 1. The van der Waals surface area contributed by atoms with Gasteiger partial charge in [0, 0.05) is 16.7 Å². The Morgan fingerprint density at radius 1 is 1.24 bits per heavy atom. The van der Waals surface area contributed by atoms with Crippen LogP contribution in [0.25, 0.3) is 11.7 Å². The third-order valence-corrected chi connectivity index (χ3v) is 6.20. The van der Waals surface area contributed by atoms with Gasteiger partial charge in [0.25, 0.3) is 11.5 Å². The summed E-state index contributed by atoms with van der Waals surface area (Å²) in [6.07, 6.45) is 7.92. The van der Waals surface area contributed by atoms with Crippen LogP contribution in [0.5, 0.6) is 11.6 Å². The number of fused-ring (bicyclic) bond motifs is 1. The molecule has 7 nitrogen and oxygen atoms in total. The molecule has 0 spiro atoms. The summed E-state index contributed by atoms with van der Waals surface area (Å²) in [5.41, 5.74) is 0.691. The minimum atomic E-state index is -0.493.